The molecule has 1 rings (SSSR count). The lowest BCUT2D eigenvalue weighted by Gasteiger charge is -2.04. The van der Waals surface area contributed by atoms with E-state index in [2.05, 4.69) is 14.7 Å². The van der Waals surface area contributed by atoms with Crippen LogP contribution in [0.15, 0.2) is 6.20 Å². The fraction of sp³-hybridized carbons (Fsp3) is 0.333. The quantitative estimate of drug-likeness (QED) is 0.631. The Labute approximate surface area is 81.0 Å². The largest absolute Gasteiger partial charge is 0.492 e. The predicted octanol–water partition coefficient (Wildman–Crippen LogP) is -0.474. The number of hydrogen-bond acceptors (Lipinski definition) is 6. The summed E-state index contributed by atoms with van der Waals surface area (Å²) >= 11 is 0. The molecule has 0 aromatic carbocycles. The second-order valence-electron chi connectivity index (χ2n) is 2.48. The van der Waals surface area contributed by atoms with Crippen LogP contribution in [0.2, 0.25) is 0 Å². The zero-order valence-electron chi connectivity index (χ0n) is 7.43. The van der Waals surface area contributed by atoms with E-state index in [1.807, 2.05) is 0 Å². The summed E-state index contributed by atoms with van der Waals surface area (Å²) in [6, 6.07) is 0. The number of nitrogens with two attached hydrogens (primary N) is 1. The Morgan fingerprint density at radius 2 is 2.29 bits per heavy atom. The standard InChI is InChI=1S/C6H10N4O3S/c1-2-14(12,13)10-6-8-3-4(7)5(11)9-6/h3H,2,7H2,1H3,(H2,8,9,10,11). The summed E-state index contributed by atoms with van der Waals surface area (Å²) in [5.41, 5.74) is 5.22. The van der Waals surface area contributed by atoms with Crippen molar-refractivity contribution in [3.8, 4) is 5.88 Å². The van der Waals surface area contributed by atoms with Crippen molar-refractivity contribution < 1.29 is 13.5 Å². The lowest BCUT2D eigenvalue weighted by Crippen LogP contribution is -2.16. The fourth-order valence-electron chi connectivity index (χ4n) is 0.643. The maximum absolute atomic E-state index is 11.1. The van der Waals surface area contributed by atoms with Gasteiger partial charge in [-0.15, -0.1) is 0 Å². The molecule has 0 radical (unpaired) electrons. The zero-order chi connectivity index (χ0) is 10.8. The molecule has 1 aromatic rings. The third-order valence-electron chi connectivity index (χ3n) is 1.42. The van der Waals surface area contributed by atoms with Gasteiger partial charge in [0.05, 0.1) is 11.9 Å². The van der Waals surface area contributed by atoms with Gasteiger partial charge in [0.1, 0.15) is 5.69 Å². The van der Waals surface area contributed by atoms with Crippen molar-refractivity contribution in [3.05, 3.63) is 6.20 Å². The van der Waals surface area contributed by atoms with E-state index in [-0.39, 0.29) is 17.4 Å². The molecule has 14 heavy (non-hydrogen) atoms. The average molecular weight is 218 g/mol. The first-order valence-corrected chi connectivity index (χ1v) is 5.42. The van der Waals surface area contributed by atoms with Gasteiger partial charge in [0.2, 0.25) is 21.9 Å². The summed E-state index contributed by atoms with van der Waals surface area (Å²) < 4.78 is 24.2. The molecular formula is C6H10N4O3S. The van der Waals surface area contributed by atoms with Crippen LogP contribution in [-0.4, -0.2) is 29.2 Å². The molecule has 78 valence electrons. The van der Waals surface area contributed by atoms with Gasteiger partial charge in [-0.2, -0.15) is 4.98 Å². The summed E-state index contributed by atoms with van der Waals surface area (Å²) in [5, 5.41) is 9.06. The Hall–Kier alpha value is -1.57. The van der Waals surface area contributed by atoms with Gasteiger partial charge < -0.3 is 10.8 Å². The summed E-state index contributed by atoms with van der Waals surface area (Å²) in [6.07, 6.45) is 1.12. The molecule has 0 amide bonds. The molecule has 0 spiro atoms. The first kappa shape index (κ1) is 10.5. The predicted molar refractivity (Wildman–Crippen MR) is 51.2 cm³/mol. The summed E-state index contributed by atoms with van der Waals surface area (Å²) in [4.78, 5) is 7.02. The highest BCUT2D eigenvalue weighted by Crippen LogP contribution is 2.16. The van der Waals surface area contributed by atoms with Crippen LogP contribution in [0.3, 0.4) is 0 Å². The Kier molecular flexibility index (Phi) is 2.75. The number of aromatic hydroxyl groups is 1. The highest BCUT2D eigenvalue weighted by molar-refractivity contribution is 7.92. The zero-order valence-corrected chi connectivity index (χ0v) is 8.24. The molecule has 0 bridgehead atoms. The van der Waals surface area contributed by atoms with E-state index in [1.165, 1.54) is 6.92 Å². The summed E-state index contributed by atoms with van der Waals surface area (Å²) in [5.74, 6) is -0.742. The topological polar surface area (TPSA) is 118 Å². The number of nitrogens with one attached hydrogen (secondary N) is 1. The third kappa shape index (κ3) is 2.46. The van der Waals surface area contributed by atoms with Crippen LogP contribution in [0, 0.1) is 0 Å². The van der Waals surface area contributed by atoms with Crippen LogP contribution in [0.25, 0.3) is 0 Å². The number of aromatic nitrogens is 2. The van der Waals surface area contributed by atoms with Gasteiger partial charge in [-0.05, 0) is 6.92 Å². The first-order chi connectivity index (χ1) is 6.44. The van der Waals surface area contributed by atoms with Crippen molar-refractivity contribution in [3.63, 3.8) is 0 Å². The number of sulfonamides is 1. The van der Waals surface area contributed by atoms with Gasteiger partial charge in [0.15, 0.2) is 0 Å². The second kappa shape index (κ2) is 3.66. The smallest absolute Gasteiger partial charge is 0.239 e. The van der Waals surface area contributed by atoms with E-state index in [0.717, 1.165) is 6.20 Å². The minimum absolute atomic E-state index is 0.00977. The Morgan fingerprint density at radius 1 is 1.64 bits per heavy atom. The van der Waals surface area contributed by atoms with Crippen molar-refractivity contribution >= 4 is 21.7 Å². The SMILES string of the molecule is CCS(=O)(=O)Nc1ncc(N)c(O)n1. The number of rotatable bonds is 3. The van der Waals surface area contributed by atoms with Gasteiger partial charge >= 0.3 is 0 Å². The Bertz CT molecular complexity index is 431. The number of nitrogens with zero attached hydrogens (tertiary/aromatic N) is 2. The molecule has 7 nitrogen and oxygen atoms in total. The van der Waals surface area contributed by atoms with Gasteiger partial charge in [-0.25, -0.2) is 13.4 Å². The highest BCUT2D eigenvalue weighted by Gasteiger charge is 2.10. The molecule has 1 aromatic heterocycles. The number of hydrogen-bond donors (Lipinski definition) is 3. The molecule has 4 N–H and O–H groups in total. The van der Waals surface area contributed by atoms with Crippen molar-refractivity contribution in [1.82, 2.24) is 9.97 Å². The lowest BCUT2D eigenvalue weighted by molar-refractivity contribution is 0.456. The van der Waals surface area contributed by atoms with Crippen molar-refractivity contribution in [2.75, 3.05) is 16.2 Å². The van der Waals surface area contributed by atoms with E-state index in [4.69, 9.17) is 10.8 Å². The van der Waals surface area contributed by atoms with Crippen LogP contribution in [0.5, 0.6) is 5.88 Å². The second-order valence-corrected chi connectivity index (χ2v) is 4.49. The molecule has 8 heteroatoms. The average Bonchev–Trinajstić information content (AvgIpc) is 2.11. The van der Waals surface area contributed by atoms with Gasteiger partial charge in [0, 0.05) is 0 Å². The highest BCUT2D eigenvalue weighted by atomic mass is 32.2. The molecule has 0 fully saturated rings. The van der Waals surface area contributed by atoms with Crippen LogP contribution in [-0.2, 0) is 10.0 Å². The van der Waals surface area contributed by atoms with E-state index in [1.54, 1.807) is 0 Å². The van der Waals surface area contributed by atoms with E-state index >= 15 is 0 Å². The monoisotopic (exact) mass is 218 g/mol. The van der Waals surface area contributed by atoms with Gasteiger partial charge in [-0.3, -0.25) is 4.72 Å². The van der Waals surface area contributed by atoms with E-state index < -0.39 is 15.9 Å². The lowest BCUT2D eigenvalue weighted by atomic mass is 10.5. The minimum atomic E-state index is -3.43. The van der Waals surface area contributed by atoms with E-state index in [0.29, 0.717) is 0 Å². The number of nitrogen functional groups attached to an aromatic ring is 1. The maximum atomic E-state index is 11.1. The molecule has 0 atom stereocenters. The van der Waals surface area contributed by atoms with Gasteiger partial charge in [-0.1, -0.05) is 0 Å². The van der Waals surface area contributed by atoms with Crippen molar-refractivity contribution in [2.24, 2.45) is 0 Å². The van der Waals surface area contributed by atoms with Crippen molar-refractivity contribution in [1.29, 1.82) is 0 Å². The molecule has 0 unspecified atom stereocenters. The van der Waals surface area contributed by atoms with E-state index in [9.17, 15) is 8.42 Å². The van der Waals surface area contributed by atoms with Crippen LogP contribution in [0.1, 0.15) is 6.92 Å². The summed E-state index contributed by atoms with van der Waals surface area (Å²) in [7, 11) is -3.43. The van der Waals surface area contributed by atoms with Gasteiger partial charge in [0.25, 0.3) is 0 Å². The molecule has 0 aliphatic carbocycles. The fourth-order valence-corrected chi connectivity index (χ4v) is 1.16. The molecule has 0 saturated heterocycles. The molecule has 0 aliphatic heterocycles. The first-order valence-electron chi connectivity index (χ1n) is 3.76. The Morgan fingerprint density at radius 3 is 2.79 bits per heavy atom. The van der Waals surface area contributed by atoms with Crippen LogP contribution < -0.4 is 10.5 Å². The minimum Gasteiger partial charge on any atom is -0.492 e. The van der Waals surface area contributed by atoms with Crippen molar-refractivity contribution in [2.45, 2.75) is 6.92 Å². The maximum Gasteiger partial charge on any atom is 0.239 e. The normalized spacial score (nSPS) is 11.2. The molecule has 0 aliphatic rings. The Balaban J connectivity index is 2.94. The summed E-state index contributed by atoms with van der Waals surface area (Å²) in [6.45, 7) is 1.47. The third-order valence-corrected chi connectivity index (χ3v) is 2.68. The van der Waals surface area contributed by atoms with Crippen LogP contribution in [0.4, 0.5) is 11.6 Å². The molecular weight excluding hydrogens is 208 g/mol. The molecule has 1 heterocycles. The number of anilines is 2. The van der Waals surface area contributed by atoms with Crippen LogP contribution >= 0.6 is 0 Å². The molecule has 0 saturated carbocycles.